The Kier molecular flexibility index (Phi) is 4.60. The molecule has 104 valence electrons. The number of carbonyl (C=O) groups excluding carboxylic acids is 1. The Hall–Kier alpha value is -1.78. The fourth-order valence-corrected chi connectivity index (χ4v) is 2.44. The van der Waals surface area contributed by atoms with E-state index in [0.717, 1.165) is 6.42 Å². The van der Waals surface area contributed by atoms with Crippen molar-refractivity contribution in [3.63, 3.8) is 0 Å². The quantitative estimate of drug-likeness (QED) is 0.798. The SMILES string of the molecule is CCn1ncc(N)c1C(=O)NCCC1=CCCCC1. The molecule has 1 heterocycles. The Labute approximate surface area is 113 Å². The topological polar surface area (TPSA) is 72.9 Å². The lowest BCUT2D eigenvalue weighted by molar-refractivity contribution is 0.0944. The number of rotatable bonds is 5. The number of nitrogens with two attached hydrogens (primary N) is 1. The minimum atomic E-state index is -0.131. The maximum absolute atomic E-state index is 12.1. The van der Waals surface area contributed by atoms with Crippen LogP contribution in [0.25, 0.3) is 0 Å². The maximum atomic E-state index is 12.1. The molecule has 0 bridgehead atoms. The minimum absolute atomic E-state index is 0.131. The highest BCUT2D eigenvalue weighted by Gasteiger charge is 2.15. The Bertz CT molecular complexity index is 476. The first kappa shape index (κ1) is 13.6. The molecule has 0 saturated heterocycles. The number of hydrogen-bond acceptors (Lipinski definition) is 3. The molecule has 0 radical (unpaired) electrons. The number of nitrogens with one attached hydrogen (secondary N) is 1. The molecule has 0 aliphatic heterocycles. The number of hydrogen-bond donors (Lipinski definition) is 2. The van der Waals surface area contributed by atoms with E-state index in [0.29, 0.717) is 24.5 Å². The molecule has 3 N–H and O–H groups in total. The van der Waals surface area contributed by atoms with Gasteiger partial charge >= 0.3 is 0 Å². The van der Waals surface area contributed by atoms with Gasteiger partial charge in [0, 0.05) is 13.1 Å². The third-order valence-corrected chi connectivity index (χ3v) is 3.50. The number of aryl methyl sites for hydroxylation is 1. The van der Waals surface area contributed by atoms with E-state index >= 15 is 0 Å². The molecule has 1 aliphatic carbocycles. The Morgan fingerprint density at radius 2 is 2.37 bits per heavy atom. The number of nitrogen functional groups attached to an aromatic ring is 1. The average molecular weight is 262 g/mol. The van der Waals surface area contributed by atoms with Gasteiger partial charge in [-0.15, -0.1) is 0 Å². The van der Waals surface area contributed by atoms with Crippen LogP contribution in [-0.4, -0.2) is 22.2 Å². The van der Waals surface area contributed by atoms with E-state index in [2.05, 4.69) is 16.5 Å². The molecule has 19 heavy (non-hydrogen) atoms. The van der Waals surface area contributed by atoms with Crippen molar-refractivity contribution in [2.45, 2.75) is 45.6 Å². The number of amides is 1. The summed E-state index contributed by atoms with van der Waals surface area (Å²) in [5.41, 5.74) is 8.15. The standard InChI is InChI=1S/C14H22N4O/c1-2-18-13(12(15)10-17-18)14(19)16-9-8-11-6-4-3-5-7-11/h6,10H,2-5,7-9,15H2,1H3,(H,16,19). The van der Waals surface area contributed by atoms with Crippen molar-refractivity contribution in [2.75, 3.05) is 12.3 Å². The highest BCUT2D eigenvalue weighted by molar-refractivity contribution is 5.97. The first-order valence-corrected chi connectivity index (χ1v) is 6.99. The van der Waals surface area contributed by atoms with Gasteiger partial charge in [0.2, 0.25) is 0 Å². The third kappa shape index (κ3) is 3.36. The average Bonchev–Trinajstić information content (AvgIpc) is 2.81. The second-order valence-electron chi connectivity index (χ2n) is 4.88. The van der Waals surface area contributed by atoms with Crippen molar-refractivity contribution < 1.29 is 4.79 Å². The molecule has 0 unspecified atom stereocenters. The Morgan fingerprint density at radius 3 is 3.05 bits per heavy atom. The molecular formula is C14H22N4O. The summed E-state index contributed by atoms with van der Waals surface area (Å²) in [6, 6.07) is 0. The summed E-state index contributed by atoms with van der Waals surface area (Å²) in [6.45, 7) is 3.25. The van der Waals surface area contributed by atoms with E-state index in [1.54, 1.807) is 4.68 Å². The van der Waals surface area contributed by atoms with E-state index in [-0.39, 0.29) is 5.91 Å². The molecule has 0 aromatic carbocycles. The summed E-state index contributed by atoms with van der Waals surface area (Å²) in [6.07, 6.45) is 9.69. The lowest BCUT2D eigenvalue weighted by Gasteiger charge is -2.13. The molecule has 1 aromatic rings. The smallest absolute Gasteiger partial charge is 0.271 e. The van der Waals surface area contributed by atoms with Gasteiger partial charge in [0.25, 0.3) is 5.91 Å². The summed E-state index contributed by atoms with van der Waals surface area (Å²) < 4.78 is 1.63. The normalized spacial score (nSPS) is 15.1. The number of anilines is 1. The van der Waals surface area contributed by atoms with Crippen molar-refractivity contribution in [2.24, 2.45) is 0 Å². The molecule has 0 atom stereocenters. The van der Waals surface area contributed by atoms with Crippen LogP contribution in [-0.2, 0) is 6.54 Å². The van der Waals surface area contributed by atoms with E-state index in [9.17, 15) is 4.79 Å². The van der Waals surface area contributed by atoms with Crippen LogP contribution in [0.3, 0.4) is 0 Å². The predicted molar refractivity (Wildman–Crippen MR) is 75.8 cm³/mol. The minimum Gasteiger partial charge on any atom is -0.396 e. The molecule has 5 heteroatoms. The predicted octanol–water partition coefficient (Wildman–Crippen LogP) is 2.11. The Balaban J connectivity index is 1.87. The first-order chi connectivity index (χ1) is 9.22. The van der Waals surface area contributed by atoms with Gasteiger partial charge in [-0.1, -0.05) is 11.6 Å². The summed E-state index contributed by atoms with van der Waals surface area (Å²) >= 11 is 0. The van der Waals surface area contributed by atoms with Crippen LogP contribution in [0, 0.1) is 0 Å². The lowest BCUT2D eigenvalue weighted by Crippen LogP contribution is -2.28. The van der Waals surface area contributed by atoms with Crippen molar-refractivity contribution in [1.82, 2.24) is 15.1 Å². The van der Waals surface area contributed by atoms with Gasteiger partial charge in [-0.05, 0) is 39.0 Å². The summed E-state index contributed by atoms with van der Waals surface area (Å²) in [7, 11) is 0. The summed E-state index contributed by atoms with van der Waals surface area (Å²) in [5, 5.41) is 7.00. The number of nitrogens with zero attached hydrogens (tertiary/aromatic N) is 2. The summed E-state index contributed by atoms with van der Waals surface area (Å²) in [4.78, 5) is 12.1. The second-order valence-corrected chi connectivity index (χ2v) is 4.88. The van der Waals surface area contributed by atoms with Gasteiger partial charge < -0.3 is 11.1 Å². The molecule has 1 amide bonds. The first-order valence-electron chi connectivity index (χ1n) is 6.99. The maximum Gasteiger partial charge on any atom is 0.271 e. The largest absolute Gasteiger partial charge is 0.396 e. The fraction of sp³-hybridized carbons (Fsp3) is 0.571. The molecular weight excluding hydrogens is 240 g/mol. The van der Waals surface area contributed by atoms with Crippen LogP contribution in [0.1, 0.15) is 49.5 Å². The van der Waals surface area contributed by atoms with Crippen molar-refractivity contribution in [3.05, 3.63) is 23.5 Å². The van der Waals surface area contributed by atoms with E-state index in [1.165, 1.54) is 37.5 Å². The molecule has 0 spiro atoms. The zero-order valence-electron chi connectivity index (χ0n) is 11.5. The molecule has 1 aromatic heterocycles. The molecule has 0 fully saturated rings. The van der Waals surface area contributed by atoms with Crippen LogP contribution < -0.4 is 11.1 Å². The van der Waals surface area contributed by atoms with Crippen molar-refractivity contribution in [1.29, 1.82) is 0 Å². The van der Waals surface area contributed by atoms with Crippen molar-refractivity contribution in [3.8, 4) is 0 Å². The van der Waals surface area contributed by atoms with Crippen LogP contribution in [0.2, 0.25) is 0 Å². The van der Waals surface area contributed by atoms with E-state index in [4.69, 9.17) is 5.73 Å². The Morgan fingerprint density at radius 1 is 1.53 bits per heavy atom. The van der Waals surface area contributed by atoms with Crippen LogP contribution in [0.5, 0.6) is 0 Å². The van der Waals surface area contributed by atoms with Gasteiger partial charge in [-0.3, -0.25) is 9.48 Å². The van der Waals surface area contributed by atoms with Crippen LogP contribution in [0.4, 0.5) is 5.69 Å². The number of aromatic nitrogens is 2. The highest BCUT2D eigenvalue weighted by Crippen LogP contribution is 2.19. The number of allylic oxidation sites excluding steroid dienone is 1. The summed E-state index contributed by atoms with van der Waals surface area (Å²) in [5.74, 6) is -0.131. The zero-order valence-corrected chi connectivity index (χ0v) is 11.5. The monoisotopic (exact) mass is 262 g/mol. The lowest BCUT2D eigenvalue weighted by atomic mass is 9.97. The van der Waals surface area contributed by atoms with Crippen LogP contribution >= 0.6 is 0 Å². The van der Waals surface area contributed by atoms with E-state index < -0.39 is 0 Å². The van der Waals surface area contributed by atoms with Gasteiger partial charge in [0.1, 0.15) is 5.69 Å². The molecule has 0 saturated carbocycles. The fourth-order valence-electron chi connectivity index (χ4n) is 2.44. The molecule has 5 nitrogen and oxygen atoms in total. The van der Waals surface area contributed by atoms with E-state index in [1.807, 2.05) is 6.92 Å². The van der Waals surface area contributed by atoms with Gasteiger partial charge in [-0.25, -0.2) is 0 Å². The third-order valence-electron chi connectivity index (χ3n) is 3.50. The van der Waals surface area contributed by atoms with Gasteiger partial charge in [0.05, 0.1) is 11.9 Å². The van der Waals surface area contributed by atoms with Gasteiger partial charge in [-0.2, -0.15) is 5.10 Å². The number of carbonyl (C=O) groups is 1. The molecule has 2 rings (SSSR count). The van der Waals surface area contributed by atoms with Crippen molar-refractivity contribution >= 4 is 11.6 Å². The zero-order chi connectivity index (χ0) is 13.7. The second kappa shape index (κ2) is 6.41. The highest BCUT2D eigenvalue weighted by atomic mass is 16.2. The van der Waals surface area contributed by atoms with Gasteiger partial charge in [0.15, 0.2) is 0 Å². The van der Waals surface area contributed by atoms with Crippen LogP contribution in [0.15, 0.2) is 17.8 Å². The molecule has 1 aliphatic rings.